The molecule has 1 aliphatic carbocycles. The Kier molecular flexibility index (Phi) is 5.55. The molecule has 27 heavy (non-hydrogen) atoms. The van der Waals surface area contributed by atoms with Gasteiger partial charge in [-0.15, -0.1) is 0 Å². The summed E-state index contributed by atoms with van der Waals surface area (Å²) >= 11 is 11.9. The van der Waals surface area contributed by atoms with E-state index in [9.17, 15) is 0 Å². The molecule has 2 fully saturated rings. The molecule has 3 N–H and O–H groups in total. The maximum absolute atomic E-state index is 6.01. The molecule has 2 atom stereocenters. The maximum atomic E-state index is 6.01. The highest BCUT2D eigenvalue weighted by molar-refractivity contribution is 6.33. The van der Waals surface area contributed by atoms with Crippen LogP contribution in [0.2, 0.25) is 10.0 Å². The smallest absolute Gasteiger partial charge is 0.225 e. The lowest BCUT2D eigenvalue weighted by atomic mass is 9.90. The number of nitrogens with one attached hydrogen (secondary N) is 1. The molecule has 0 radical (unpaired) electrons. The standard InChI is InChI=1S/C19H24Cl2N6/c20-14-9-25-19(26-10-14)27-5-2-12(3-6-27)16-7-13(16)1-4-23-15-8-17(21)18(22)24-11-15/h8-13,16,23H,1-7H2,(H2,22,24)/t13-,16-/m1/s1. The molecule has 0 aromatic carbocycles. The maximum Gasteiger partial charge on any atom is 0.225 e. The summed E-state index contributed by atoms with van der Waals surface area (Å²) in [4.78, 5) is 15.0. The Morgan fingerprint density at radius 1 is 1.11 bits per heavy atom. The number of nitrogens with two attached hydrogens (primary N) is 1. The normalized spacial score (nSPS) is 22.7. The fraction of sp³-hybridized carbons (Fsp3) is 0.526. The van der Waals surface area contributed by atoms with E-state index in [1.807, 2.05) is 6.07 Å². The number of halogens is 2. The summed E-state index contributed by atoms with van der Waals surface area (Å²) in [5, 5.41) is 4.49. The summed E-state index contributed by atoms with van der Waals surface area (Å²) in [6, 6.07) is 1.84. The third kappa shape index (κ3) is 4.55. The van der Waals surface area contributed by atoms with E-state index >= 15 is 0 Å². The molecule has 144 valence electrons. The van der Waals surface area contributed by atoms with E-state index in [1.54, 1.807) is 18.6 Å². The van der Waals surface area contributed by atoms with Crippen molar-refractivity contribution in [3.63, 3.8) is 0 Å². The lowest BCUT2D eigenvalue weighted by Crippen LogP contribution is -2.35. The van der Waals surface area contributed by atoms with Crippen LogP contribution in [0.5, 0.6) is 0 Å². The fourth-order valence-corrected chi connectivity index (χ4v) is 4.39. The number of nitrogens with zero attached hydrogens (tertiary/aromatic N) is 4. The second kappa shape index (κ2) is 8.07. The minimum atomic E-state index is 0.375. The van der Waals surface area contributed by atoms with Gasteiger partial charge in [-0.05, 0) is 49.5 Å². The largest absolute Gasteiger partial charge is 0.384 e. The summed E-state index contributed by atoms with van der Waals surface area (Å²) in [6.45, 7) is 3.01. The van der Waals surface area contributed by atoms with Crippen LogP contribution in [0, 0.1) is 17.8 Å². The number of anilines is 3. The molecular formula is C19H24Cl2N6. The zero-order valence-electron chi connectivity index (χ0n) is 15.1. The zero-order valence-corrected chi connectivity index (χ0v) is 16.6. The van der Waals surface area contributed by atoms with Crippen LogP contribution in [0.1, 0.15) is 25.7 Å². The van der Waals surface area contributed by atoms with E-state index in [4.69, 9.17) is 28.9 Å². The Morgan fingerprint density at radius 3 is 2.56 bits per heavy atom. The van der Waals surface area contributed by atoms with Gasteiger partial charge in [0.05, 0.1) is 34.3 Å². The van der Waals surface area contributed by atoms with Gasteiger partial charge in [0.15, 0.2) is 0 Å². The van der Waals surface area contributed by atoms with Crippen molar-refractivity contribution in [1.29, 1.82) is 0 Å². The van der Waals surface area contributed by atoms with Crippen LogP contribution in [-0.2, 0) is 0 Å². The van der Waals surface area contributed by atoms with E-state index in [2.05, 4.69) is 25.2 Å². The van der Waals surface area contributed by atoms with Crippen LogP contribution in [0.4, 0.5) is 17.5 Å². The molecule has 3 heterocycles. The Bertz CT molecular complexity index is 776. The Balaban J connectivity index is 1.19. The van der Waals surface area contributed by atoms with Crippen molar-refractivity contribution in [3.05, 3.63) is 34.7 Å². The zero-order chi connectivity index (χ0) is 18.8. The molecule has 0 amide bonds. The van der Waals surface area contributed by atoms with Crippen molar-refractivity contribution in [1.82, 2.24) is 15.0 Å². The predicted molar refractivity (Wildman–Crippen MR) is 110 cm³/mol. The summed E-state index contributed by atoms with van der Waals surface area (Å²) in [6.07, 6.45) is 10.1. The van der Waals surface area contributed by atoms with Crippen molar-refractivity contribution in [3.8, 4) is 0 Å². The number of hydrogen-bond acceptors (Lipinski definition) is 6. The fourth-order valence-electron chi connectivity index (χ4n) is 4.12. The average molecular weight is 407 g/mol. The predicted octanol–water partition coefficient (Wildman–Crippen LogP) is 4.12. The van der Waals surface area contributed by atoms with Crippen molar-refractivity contribution in [2.24, 2.45) is 17.8 Å². The van der Waals surface area contributed by atoms with Crippen LogP contribution in [0.15, 0.2) is 24.7 Å². The lowest BCUT2D eigenvalue weighted by molar-refractivity contribution is 0.343. The van der Waals surface area contributed by atoms with Gasteiger partial charge in [-0.25, -0.2) is 15.0 Å². The highest BCUT2D eigenvalue weighted by atomic mass is 35.5. The molecule has 4 rings (SSSR count). The van der Waals surface area contributed by atoms with Gasteiger partial charge in [0, 0.05) is 19.6 Å². The van der Waals surface area contributed by atoms with Crippen LogP contribution in [-0.4, -0.2) is 34.6 Å². The van der Waals surface area contributed by atoms with Gasteiger partial charge < -0.3 is 16.0 Å². The highest BCUT2D eigenvalue weighted by Gasteiger charge is 2.43. The highest BCUT2D eigenvalue weighted by Crippen LogP contribution is 2.49. The summed E-state index contributed by atoms with van der Waals surface area (Å²) in [5.74, 6) is 3.70. The molecule has 1 aliphatic heterocycles. The van der Waals surface area contributed by atoms with Gasteiger partial charge in [-0.3, -0.25) is 0 Å². The first-order chi connectivity index (χ1) is 13.1. The lowest BCUT2D eigenvalue weighted by Gasteiger charge is -2.32. The van der Waals surface area contributed by atoms with Gasteiger partial charge in [-0.1, -0.05) is 23.2 Å². The van der Waals surface area contributed by atoms with Crippen LogP contribution in [0.25, 0.3) is 0 Å². The van der Waals surface area contributed by atoms with Gasteiger partial charge in [0.1, 0.15) is 5.82 Å². The number of piperidine rings is 1. The van der Waals surface area contributed by atoms with E-state index in [0.717, 1.165) is 49.0 Å². The average Bonchev–Trinajstić information content (AvgIpc) is 3.45. The van der Waals surface area contributed by atoms with E-state index in [-0.39, 0.29) is 0 Å². The monoisotopic (exact) mass is 406 g/mol. The summed E-state index contributed by atoms with van der Waals surface area (Å²) in [7, 11) is 0. The molecular weight excluding hydrogens is 383 g/mol. The van der Waals surface area contributed by atoms with Crippen molar-refractivity contribution < 1.29 is 0 Å². The number of pyridine rings is 1. The molecule has 8 heteroatoms. The third-order valence-corrected chi connectivity index (χ3v) is 6.22. The Hall–Kier alpha value is -1.79. The van der Waals surface area contributed by atoms with Crippen LogP contribution < -0.4 is 16.0 Å². The quantitative estimate of drug-likeness (QED) is 0.750. The molecule has 0 unspecified atom stereocenters. The first kappa shape index (κ1) is 18.6. The first-order valence-corrected chi connectivity index (χ1v) is 10.2. The summed E-state index contributed by atoms with van der Waals surface area (Å²) in [5.41, 5.74) is 6.57. The number of hydrogen-bond donors (Lipinski definition) is 2. The van der Waals surface area contributed by atoms with Crippen molar-refractivity contribution in [2.75, 3.05) is 35.6 Å². The molecule has 2 aromatic rings. The van der Waals surface area contributed by atoms with Crippen molar-refractivity contribution in [2.45, 2.75) is 25.7 Å². The van der Waals surface area contributed by atoms with Gasteiger partial charge in [0.2, 0.25) is 5.95 Å². The van der Waals surface area contributed by atoms with E-state index in [0.29, 0.717) is 15.9 Å². The number of rotatable bonds is 6. The number of aromatic nitrogens is 3. The molecule has 1 saturated heterocycles. The van der Waals surface area contributed by atoms with Gasteiger partial charge in [0.25, 0.3) is 0 Å². The molecule has 2 aromatic heterocycles. The molecule has 1 saturated carbocycles. The first-order valence-electron chi connectivity index (χ1n) is 9.47. The molecule has 2 aliphatic rings. The van der Waals surface area contributed by atoms with Gasteiger partial charge >= 0.3 is 0 Å². The minimum Gasteiger partial charge on any atom is -0.384 e. The van der Waals surface area contributed by atoms with Crippen molar-refractivity contribution >= 4 is 40.7 Å². The number of nitrogen functional groups attached to an aromatic ring is 1. The molecule has 0 bridgehead atoms. The topological polar surface area (TPSA) is 80.0 Å². The summed E-state index contributed by atoms with van der Waals surface area (Å²) < 4.78 is 0. The SMILES string of the molecule is Nc1ncc(NCC[C@@H]2C[C@@H]2C2CCN(c3ncc(Cl)cn3)CC2)cc1Cl. The third-order valence-electron chi connectivity index (χ3n) is 5.73. The van der Waals surface area contributed by atoms with E-state index < -0.39 is 0 Å². The second-order valence-electron chi connectivity index (χ2n) is 7.49. The van der Waals surface area contributed by atoms with Crippen LogP contribution in [0.3, 0.4) is 0 Å². The molecule has 0 spiro atoms. The second-order valence-corrected chi connectivity index (χ2v) is 8.34. The van der Waals surface area contributed by atoms with Crippen LogP contribution >= 0.6 is 23.2 Å². The van der Waals surface area contributed by atoms with Gasteiger partial charge in [-0.2, -0.15) is 0 Å². The minimum absolute atomic E-state index is 0.375. The Morgan fingerprint density at radius 2 is 1.85 bits per heavy atom. The Labute approximate surface area is 169 Å². The molecule has 6 nitrogen and oxygen atoms in total. The van der Waals surface area contributed by atoms with E-state index in [1.165, 1.54) is 25.7 Å².